The summed E-state index contributed by atoms with van der Waals surface area (Å²) in [5.74, 6) is 0. The first-order valence-electron chi connectivity index (χ1n) is 7.52. The van der Waals surface area contributed by atoms with Crippen molar-refractivity contribution in [2.24, 2.45) is 4.99 Å². The smallest absolute Gasteiger partial charge is 0.226 e. The van der Waals surface area contributed by atoms with E-state index in [0.717, 1.165) is 17.0 Å². The predicted octanol–water partition coefficient (Wildman–Crippen LogP) is -1.55. The Hall–Kier alpha value is -2.81. The molecule has 8 heteroatoms. The zero-order valence-corrected chi connectivity index (χ0v) is 14.2. The van der Waals surface area contributed by atoms with E-state index >= 15 is 0 Å². The lowest BCUT2D eigenvalue weighted by Crippen LogP contribution is -2.68. The number of benzene rings is 2. The molecule has 0 spiro atoms. The average molecular weight is 372 g/mol. The Morgan fingerprint density at radius 2 is 1.50 bits per heavy atom. The van der Waals surface area contributed by atoms with Gasteiger partial charge in [-0.3, -0.25) is 0 Å². The highest BCUT2D eigenvalue weighted by Gasteiger charge is 2.20. The maximum Gasteiger partial charge on any atom is 0.261 e. The molecule has 2 aromatic carbocycles. The van der Waals surface area contributed by atoms with Crippen molar-refractivity contribution in [1.29, 1.82) is 0 Å². The van der Waals surface area contributed by atoms with E-state index in [1.54, 1.807) is 6.34 Å². The maximum atomic E-state index is 8.49. The third-order valence-corrected chi connectivity index (χ3v) is 3.58. The lowest BCUT2D eigenvalue weighted by atomic mass is 10.1. The molecule has 26 heavy (non-hydrogen) atoms. The predicted molar refractivity (Wildman–Crippen MR) is 86.3 cm³/mol. The van der Waals surface area contributed by atoms with Crippen LogP contribution in [0.25, 0.3) is 22.5 Å². The van der Waals surface area contributed by atoms with Crippen LogP contribution in [0, 0.1) is 10.2 Å². The number of fused-ring (bicyclic) bond motifs is 2. The molecule has 2 heterocycles. The molecule has 1 aliphatic rings. The van der Waals surface area contributed by atoms with Gasteiger partial charge >= 0.3 is 0 Å². The monoisotopic (exact) mass is 371 g/mol. The van der Waals surface area contributed by atoms with Crippen molar-refractivity contribution in [3.63, 3.8) is 0 Å². The van der Waals surface area contributed by atoms with Gasteiger partial charge in [0.15, 0.2) is 0 Å². The molecule has 1 aliphatic heterocycles. The van der Waals surface area contributed by atoms with Gasteiger partial charge in [-0.1, -0.05) is 53.2 Å². The molecule has 3 aromatic rings. The third kappa shape index (κ3) is 4.85. The summed E-state index contributed by atoms with van der Waals surface area (Å²) in [6.07, 6.45) is 5.91. The standard InChI is InChI=1S/C18H14N3.ClHO4/c1-2-6-14(7-3-1)10-17-18-11-15-8-4-5-9-16(15)12-21(18)20-13-19-17;2-1(3,4)5/h1-13H,(H,19,20);(H,2,3,4,5)/q+1;/p-1. The minimum absolute atomic E-state index is 0.950. The molecule has 0 radical (unpaired) electrons. The van der Waals surface area contributed by atoms with Gasteiger partial charge in [0.05, 0.1) is 0 Å². The van der Waals surface area contributed by atoms with E-state index in [-0.39, 0.29) is 0 Å². The van der Waals surface area contributed by atoms with E-state index in [1.165, 1.54) is 10.8 Å². The summed E-state index contributed by atoms with van der Waals surface area (Å²) in [7, 11) is -4.94. The number of aromatic nitrogens is 1. The average Bonchev–Trinajstić information content (AvgIpc) is 2.60. The summed E-state index contributed by atoms with van der Waals surface area (Å²) >= 11 is 0. The summed E-state index contributed by atoms with van der Waals surface area (Å²) in [4.78, 5) is 4.48. The molecule has 1 N–H and O–H groups in total. The highest BCUT2D eigenvalue weighted by Crippen LogP contribution is 2.21. The first-order chi connectivity index (χ1) is 12.4. The molecule has 0 aliphatic carbocycles. The second kappa shape index (κ2) is 7.61. The van der Waals surface area contributed by atoms with E-state index in [9.17, 15) is 0 Å². The number of rotatable bonds is 1. The lowest BCUT2D eigenvalue weighted by molar-refractivity contribution is -2.00. The summed E-state index contributed by atoms with van der Waals surface area (Å²) in [5, 5.41) is 2.41. The number of hydrogen-bond acceptors (Lipinski definition) is 6. The van der Waals surface area contributed by atoms with Gasteiger partial charge in [-0.2, -0.15) is 0 Å². The van der Waals surface area contributed by atoms with E-state index in [4.69, 9.17) is 18.6 Å². The maximum absolute atomic E-state index is 8.49. The second-order valence-electron chi connectivity index (χ2n) is 5.36. The molecular formula is C18H14ClN3O4. The van der Waals surface area contributed by atoms with E-state index in [2.05, 4.69) is 59.1 Å². The minimum atomic E-state index is -4.94. The van der Waals surface area contributed by atoms with E-state index in [1.807, 2.05) is 28.9 Å². The number of nitrogens with one attached hydrogen (secondary N) is 1. The first kappa shape index (κ1) is 18.0. The summed E-state index contributed by atoms with van der Waals surface area (Å²) in [5.41, 5.74) is 6.30. The Kier molecular flexibility index (Phi) is 5.27. The molecular weight excluding hydrogens is 358 g/mol. The Labute approximate surface area is 151 Å². The largest absolute Gasteiger partial charge is 0.261 e. The second-order valence-corrected chi connectivity index (χ2v) is 6.12. The van der Waals surface area contributed by atoms with Crippen LogP contribution in [0.5, 0.6) is 0 Å². The zero-order chi connectivity index (χ0) is 18.6. The molecule has 0 amide bonds. The Balaban J connectivity index is 0.000000349. The van der Waals surface area contributed by atoms with Crippen molar-refractivity contribution in [3.8, 4) is 0 Å². The SMILES string of the molecule is C1=NC(=Cc2ccccc2)c2cc3ccccc3c[n+]2N1.[O-][Cl+3]([O-])([O-])[O-]. The quantitative estimate of drug-likeness (QED) is 0.519. The summed E-state index contributed by atoms with van der Waals surface area (Å²) in [6.45, 7) is 0. The Morgan fingerprint density at radius 1 is 0.885 bits per heavy atom. The fraction of sp³-hybridized carbons (Fsp3) is 0. The van der Waals surface area contributed by atoms with Crippen molar-refractivity contribution in [1.82, 2.24) is 0 Å². The van der Waals surface area contributed by atoms with Gasteiger partial charge in [0.1, 0.15) is 12.0 Å². The molecule has 132 valence electrons. The van der Waals surface area contributed by atoms with Crippen LogP contribution in [0.4, 0.5) is 0 Å². The molecule has 1 aromatic heterocycles. The van der Waals surface area contributed by atoms with Crippen molar-refractivity contribution in [3.05, 3.63) is 78.1 Å². The minimum Gasteiger partial charge on any atom is -0.226 e. The van der Waals surface area contributed by atoms with Crippen molar-refractivity contribution < 1.29 is 33.6 Å². The topological polar surface area (TPSA) is 121 Å². The molecule has 0 saturated heterocycles. The molecule has 0 saturated carbocycles. The van der Waals surface area contributed by atoms with Crippen LogP contribution in [0.1, 0.15) is 11.3 Å². The fourth-order valence-electron chi connectivity index (χ4n) is 2.53. The molecule has 0 bridgehead atoms. The molecule has 4 rings (SSSR count). The van der Waals surface area contributed by atoms with Gasteiger partial charge < -0.3 is 0 Å². The van der Waals surface area contributed by atoms with Gasteiger partial charge in [-0.05, 0) is 23.1 Å². The molecule has 0 fully saturated rings. The van der Waals surface area contributed by atoms with Crippen LogP contribution >= 0.6 is 0 Å². The highest BCUT2D eigenvalue weighted by atomic mass is 35.7. The number of hydrogen-bond donors (Lipinski definition) is 1. The molecule has 7 nitrogen and oxygen atoms in total. The Morgan fingerprint density at radius 3 is 2.19 bits per heavy atom. The van der Waals surface area contributed by atoms with Crippen LogP contribution < -0.4 is 28.7 Å². The van der Waals surface area contributed by atoms with Crippen molar-refractivity contribution in [2.75, 3.05) is 5.43 Å². The van der Waals surface area contributed by atoms with Crippen molar-refractivity contribution >= 4 is 28.9 Å². The number of halogens is 1. The van der Waals surface area contributed by atoms with Crippen LogP contribution in [0.2, 0.25) is 0 Å². The van der Waals surface area contributed by atoms with Crippen LogP contribution in [-0.4, -0.2) is 6.34 Å². The molecule has 0 atom stereocenters. The lowest BCUT2D eigenvalue weighted by Gasteiger charge is -2.17. The van der Waals surface area contributed by atoms with E-state index in [0.29, 0.717) is 0 Å². The Bertz CT molecular complexity index is 963. The van der Waals surface area contributed by atoms with Crippen LogP contribution in [0.15, 0.2) is 71.9 Å². The highest BCUT2D eigenvalue weighted by molar-refractivity contribution is 5.89. The number of pyridine rings is 1. The van der Waals surface area contributed by atoms with Crippen molar-refractivity contribution in [2.45, 2.75) is 0 Å². The van der Waals surface area contributed by atoms with Gasteiger partial charge in [-0.15, -0.1) is 15.7 Å². The number of aliphatic imine (C=N–C) groups is 1. The van der Waals surface area contributed by atoms with Gasteiger partial charge in [0.25, 0.3) is 5.69 Å². The first-order valence-corrected chi connectivity index (χ1v) is 8.76. The zero-order valence-electron chi connectivity index (χ0n) is 13.4. The normalized spacial score (nSPS) is 14.4. The van der Waals surface area contributed by atoms with Gasteiger partial charge in [-0.25, -0.2) is 23.6 Å². The fourth-order valence-corrected chi connectivity index (χ4v) is 2.53. The van der Waals surface area contributed by atoms with Gasteiger partial charge in [0, 0.05) is 11.5 Å². The number of nitrogens with zero attached hydrogens (tertiary/aromatic N) is 2. The van der Waals surface area contributed by atoms with Gasteiger partial charge in [0.2, 0.25) is 6.20 Å². The molecule has 0 unspecified atom stereocenters. The summed E-state index contributed by atoms with van der Waals surface area (Å²) < 4.78 is 36.0. The summed E-state index contributed by atoms with van der Waals surface area (Å²) in [6, 6.07) is 20.7. The van der Waals surface area contributed by atoms with E-state index < -0.39 is 10.2 Å². The van der Waals surface area contributed by atoms with Crippen LogP contribution in [0.3, 0.4) is 0 Å². The third-order valence-electron chi connectivity index (χ3n) is 3.58. The van der Waals surface area contributed by atoms with Crippen LogP contribution in [-0.2, 0) is 0 Å².